The van der Waals surface area contributed by atoms with Gasteiger partial charge in [0.25, 0.3) is 5.91 Å². The zero-order valence-electron chi connectivity index (χ0n) is 18.0. The summed E-state index contributed by atoms with van der Waals surface area (Å²) in [7, 11) is 0. The van der Waals surface area contributed by atoms with Gasteiger partial charge < -0.3 is 30.5 Å². The number of nitrogens with zero attached hydrogens (tertiary/aromatic N) is 2. The van der Waals surface area contributed by atoms with Crippen LogP contribution in [0.15, 0.2) is 53.4 Å². The van der Waals surface area contributed by atoms with Crippen LogP contribution in [0.5, 0.6) is 11.5 Å². The lowest BCUT2D eigenvalue weighted by atomic mass is 10.1. The van der Waals surface area contributed by atoms with E-state index < -0.39 is 10.9 Å². The van der Waals surface area contributed by atoms with Crippen molar-refractivity contribution in [3.63, 3.8) is 0 Å². The van der Waals surface area contributed by atoms with Crippen LogP contribution in [0.3, 0.4) is 0 Å². The van der Waals surface area contributed by atoms with Crippen LogP contribution in [0, 0.1) is 11.3 Å². The number of thioether (sulfide) groups is 1. The fourth-order valence-corrected chi connectivity index (χ4v) is 4.47. The van der Waals surface area contributed by atoms with Gasteiger partial charge in [-0.15, -0.1) is 0 Å². The molecule has 2 aliphatic heterocycles. The second-order valence-electron chi connectivity index (χ2n) is 7.83. The molecule has 1 fully saturated rings. The average molecular weight is 465 g/mol. The number of rotatable bonds is 5. The predicted molar refractivity (Wildman–Crippen MR) is 128 cm³/mol. The summed E-state index contributed by atoms with van der Waals surface area (Å²) in [5.41, 5.74) is 3.32. The highest BCUT2D eigenvalue weighted by Gasteiger charge is 2.33. The molecule has 2 aliphatic rings. The second-order valence-corrected chi connectivity index (χ2v) is 9.11. The maximum Gasteiger partial charge on any atom is 0.264 e. The van der Waals surface area contributed by atoms with E-state index in [2.05, 4.69) is 27.7 Å². The Labute approximate surface area is 196 Å². The fourth-order valence-electron chi connectivity index (χ4n) is 3.60. The number of benzene rings is 2. The third-order valence-corrected chi connectivity index (χ3v) is 6.40. The third-order valence-electron chi connectivity index (χ3n) is 5.37. The van der Waals surface area contributed by atoms with Gasteiger partial charge in [-0.2, -0.15) is 5.26 Å². The van der Waals surface area contributed by atoms with Gasteiger partial charge in [-0.3, -0.25) is 4.79 Å². The quantitative estimate of drug-likeness (QED) is 0.303. The van der Waals surface area contributed by atoms with Crippen LogP contribution in [0.4, 0.5) is 5.69 Å². The lowest BCUT2D eigenvalue weighted by Gasteiger charge is -2.29. The first kappa shape index (κ1) is 22.6. The Hall–Kier alpha value is -3.61. The van der Waals surface area contributed by atoms with E-state index in [4.69, 9.17) is 4.74 Å². The summed E-state index contributed by atoms with van der Waals surface area (Å²) >= 11 is 1.41. The van der Waals surface area contributed by atoms with Gasteiger partial charge in [0.2, 0.25) is 0 Å². The fraction of sp³-hybridized carbons (Fsp3) is 0.250. The van der Waals surface area contributed by atoms with Crippen LogP contribution in [0.25, 0.3) is 11.8 Å². The average Bonchev–Trinajstić information content (AvgIpc) is 3.21. The maximum absolute atomic E-state index is 12.7. The molecule has 0 spiro atoms. The molecule has 0 radical (unpaired) electrons. The molecule has 2 heterocycles. The van der Waals surface area contributed by atoms with Crippen LogP contribution in [0.2, 0.25) is 0 Å². The van der Waals surface area contributed by atoms with Crippen molar-refractivity contribution in [2.75, 3.05) is 31.2 Å². The molecule has 1 atom stereocenters. The van der Waals surface area contributed by atoms with Gasteiger partial charge in [0.05, 0.1) is 18.9 Å². The second kappa shape index (κ2) is 9.48. The van der Waals surface area contributed by atoms with Gasteiger partial charge in [-0.05, 0) is 53.8 Å². The van der Waals surface area contributed by atoms with E-state index in [0.717, 1.165) is 43.3 Å². The number of nitrogens with one attached hydrogen (secondary N) is 2. The number of carbonyl (C=O) groups excluding carboxylic acids is 1. The Morgan fingerprint density at radius 2 is 1.94 bits per heavy atom. The number of phenols is 2. The van der Waals surface area contributed by atoms with Crippen LogP contribution >= 0.6 is 11.8 Å². The highest BCUT2D eigenvalue weighted by molar-refractivity contribution is 8.03. The van der Waals surface area contributed by atoms with Gasteiger partial charge in [0.15, 0.2) is 16.5 Å². The van der Waals surface area contributed by atoms with E-state index in [1.165, 1.54) is 36.0 Å². The number of aromatic hydroxyl groups is 2. The van der Waals surface area contributed by atoms with E-state index in [-0.39, 0.29) is 17.1 Å². The van der Waals surface area contributed by atoms with E-state index >= 15 is 0 Å². The molecule has 2 aromatic rings. The number of nitriles is 1. The summed E-state index contributed by atoms with van der Waals surface area (Å²) in [5.74, 6) is -1.15. The van der Waals surface area contributed by atoms with Crippen LogP contribution in [-0.2, 0) is 9.53 Å². The molecule has 0 aliphatic carbocycles. The monoisotopic (exact) mass is 464 g/mol. The van der Waals surface area contributed by atoms with Gasteiger partial charge in [0.1, 0.15) is 11.6 Å². The number of morpholine rings is 1. The van der Waals surface area contributed by atoms with Gasteiger partial charge in [-0.25, -0.2) is 0 Å². The number of carbonyl (C=O) groups is 1. The third kappa shape index (κ3) is 5.25. The Bertz CT molecular complexity index is 1150. The Morgan fingerprint density at radius 1 is 1.21 bits per heavy atom. The number of ether oxygens (including phenoxy) is 1. The van der Waals surface area contributed by atoms with Crippen molar-refractivity contribution in [3.8, 4) is 17.6 Å². The van der Waals surface area contributed by atoms with Crippen molar-refractivity contribution in [1.29, 1.82) is 5.26 Å². The normalized spacial score (nSPS) is 20.5. The molecule has 1 amide bonds. The number of hydrogen-bond acceptors (Lipinski definition) is 8. The first-order chi connectivity index (χ1) is 15.9. The molecular weight excluding hydrogens is 440 g/mol. The van der Waals surface area contributed by atoms with Crippen molar-refractivity contribution in [2.24, 2.45) is 0 Å². The molecule has 0 saturated carbocycles. The van der Waals surface area contributed by atoms with Gasteiger partial charge in [-0.1, -0.05) is 30.0 Å². The van der Waals surface area contributed by atoms with Crippen molar-refractivity contribution in [2.45, 2.75) is 11.9 Å². The summed E-state index contributed by atoms with van der Waals surface area (Å²) < 4.78 is 5.41. The van der Waals surface area contributed by atoms with E-state index in [1.54, 1.807) is 0 Å². The minimum absolute atomic E-state index is 0.118. The maximum atomic E-state index is 12.7. The minimum Gasteiger partial charge on any atom is -0.504 e. The van der Waals surface area contributed by atoms with Crippen molar-refractivity contribution < 1.29 is 19.7 Å². The van der Waals surface area contributed by atoms with Crippen LogP contribution < -0.4 is 15.5 Å². The molecule has 170 valence electrons. The SMILES string of the molecule is CC1(NC(=O)/C(C#N)=C/c2ccc(O)c(O)c2)NC(c2ccc(N3CCOCC3)cc2)=CS1. The van der Waals surface area contributed by atoms with E-state index in [9.17, 15) is 20.3 Å². The largest absolute Gasteiger partial charge is 0.504 e. The molecule has 4 N–H and O–H groups in total. The molecule has 2 aromatic carbocycles. The predicted octanol–water partition coefficient (Wildman–Crippen LogP) is 2.97. The standard InChI is InChI=1S/C24H24N4O4S/c1-24(27-23(31)18(14-25)12-16-2-7-21(29)22(30)13-16)26-20(15-33-24)17-3-5-19(6-4-17)28-8-10-32-11-9-28/h2-7,12-13,15,26,29-30H,8-11H2,1H3,(H,27,31)/b18-12+. The van der Waals surface area contributed by atoms with E-state index in [0.29, 0.717) is 5.56 Å². The molecule has 8 nitrogen and oxygen atoms in total. The highest BCUT2D eigenvalue weighted by atomic mass is 32.2. The van der Waals surface area contributed by atoms with Crippen molar-refractivity contribution >= 4 is 35.1 Å². The minimum atomic E-state index is -0.831. The number of amides is 1. The lowest BCUT2D eigenvalue weighted by Crippen LogP contribution is -2.51. The summed E-state index contributed by atoms with van der Waals surface area (Å²) in [4.78, 5) is 14.2. The topological polar surface area (TPSA) is 118 Å². The smallest absolute Gasteiger partial charge is 0.264 e. The lowest BCUT2D eigenvalue weighted by molar-refractivity contribution is -0.118. The van der Waals surface area contributed by atoms with Gasteiger partial charge in [0, 0.05) is 18.8 Å². The summed E-state index contributed by atoms with van der Waals surface area (Å²) in [6, 6.07) is 14.2. The first-order valence-corrected chi connectivity index (χ1v) is 11.3. The van der Waals surface area contributed by atoms with E-state index in [1.807, 2.05) is 30.5 Å². The molecule has 33 heavy (non-hydrogen) atoms. The molecule has 0 aromatic heterocycles. The molecule has 9 heteroatoms. The Balaban J connectivity index is 1.41. The van der Waals surface area contributed by atoms with Crippen molar-refractivity contribution in [3.05, 3.63) is 64.6 Å². The summed E-state index contributed by atoms with van der Waals surface area (Å²) in [5, 5.41) is 36.6. The number of hydrogen-bond donors (Lipinski definition) is 4. The zero-order chi connectivity index (χ0) is 23.4. The van der Waals surface area contributed by atoms with Crippen molar-refractivity contribution in [1.82, 2.24) is 10.6 Å². The molecule has 4 rings (SSSR count). The Morgan fingerprint density at radius 3 is 2.61 bits per heavy atom. The molecular formula is C24H24N4O4S. The first-order valence-electron chi connectivity index (χ1n) is 10.4. The van der Waals surface area contributed by atoms with Crippen LogP contribution in [-0.4, -0.2) is 47.4 Å². The highest BCUT2D eigenvalue weighted by Crippen LogP contribution is 2.34. The Kier molecular flexibility index (Phi) is 6.49. The zero-order valence-corrected chi connectivity index (χ0v) is 18.9. The molecule has 1 unspecified atom stereocenters. The summed E-state index contributed by atoms with van der Waals surface area (Å²) in [6.07, 6.45) is 1.36. The summed E-state index contributed by atoms with van der Waals surface area (Å²) in [6.45, 7) is 5.03. The van der Waals surface area contributed by atoms with Gasteiger partial charge >= 0.3 is 0 Å². The molecule has 0 bridgehead atoms. The molecule has 1 saturated heterocycles. The van der Waals surface area contributed by atoms with Crippen LogP contribution in [0.1, 0.15) is 18.1 Å². The number of anilines is 1. The number of phenolic OH excluding ortho intramolecular Hbond substituents is 2.